The van der Waals surface area contributed by atoms with Gasteiger partial charge in [0.05, 0.1) is 17.7 Å². The van der Waals surface area contributed by atoms with Gasteiger partial charge in [-0.1, -0.05) is 52.2 Å². The Morgan fingerprint density at radius 2 is 1.40 bits per heavy atom. The minimum absolute atomic E-state index is 0.264. The molecule has 0 spiro atoms. The Labute approximate surface area is 151 Å². The van der Waals surface area contributed by atoms with Crippen LogP contribution in [-0.4, -0.2) is 49.7 Å². The van der Waals surface area contributed by atoms with E-state index >= 15 is 0 Å². The summed E-state index contributed by atoms with van der Waals surface area (Å²) in [4.78, 5) is 26.7. The topological polar surface area (TPSA) is 55.8 Å². The van der Waals surface area contributed by atoms with E-state index in [1.807, 2.05) is 0 Å². The third-order valence-electron chi connectivity index (χ3n) is 4.13. The highest BCUT2D eigenvalue weighted by Crippen LogP contribution is 2.12. The van der Waals surface area contributed by atoms with Crippen LogP contribution in [0.15, 0.2) is 24.3 Å². The van der Waals surface area contributed by atoms with Crippen molar-refractivity contribution in [3.05, 3.63) is 35.4 Å². The summed E-state index contributed by atoms with van der Waals surface area (Å²) in [5.74, 6) is -0.946. The van der Waals surface area contributed by atoms with E-state index < -0.39 is 11.9 Å². The smallest absolute Gasteiger partial charge is 0.339 e. The first-order chi connectivity index (χ1) is 12.1. The van der Waals surface area contributed by atoms with Gasteiger partial charge in [0.25, 0.3) is 0 Å². The van der Waals surface area contributed by atoms with Crippen molar-refractivity contribution in [1.29, 1.82) is 0 Å². The molecule has 0 bridgehead atoms. The van der Waals surface area contributed by atoms with E-state index in [-0.39, 0.29) is 11.1 Å². The zero-order valence-corrected chi connectivity index (χ0v) is 15.8. The van der Waals surface area contributed by atoms with Gasteiger partial charge in [0.15, 0.2) is 0 Å². The monoisotopic (exact) mass is 349 g/mol. The minimum Gasteiger partial charge on any atom is -0.462 e. The summed E-state index contributed by atoms with van der Waals surface area (Å²) in [7, 11) is 0. The van der Waals surface area contributed by atoms with E-state index in [0.717, 1.165) is 38.8 Å². The van der Waals surface area contributed by atoms with Crippen molar-refractivity contribution in [2.45, 2.75) is 46.5 Å². The summed E-state index contributed by atoms with van der Waals surface area (Å²) >= 11 is 0. The van der Waals surface area contributed by atoms with E-state index in [9.17, 15) is 9.59 Å². The van der Waals surface area contributed by atoms with E-state index in [4.69, 9.17) is 9.47 Å². The van der Waals surface area contributed by atoms with Crippen molar-refractivity contribution >= 4 is 11.9 Å². The highest BCUT2D eigenvalue weighted by molar-refractivity contribution is 6.03. The maximum atomic E-state index is 12.3. The van der Waals surface area contributed by atoms with Gasteiger partial charge in [-0.15, -0.1) is 0 Å². The van der Waals surface area contributed by atoms with Crippen LogP contribution in [0.4, 0.5) is 0 Å². The van der Waals surface area contributed by atoms with Crippen molar-refractivity contribution in [3.8, 4) is 0 Å². The predicted octanol–water partition coefficient (Wildman–Crippen LogP) is 3.92. The number of rotatable bonds is 12. The molecule has 5 heteroatoms. The normalized spacial score (nSPS) is 10.7. The lowest BCUT2D eigenvalue weighted by Crippen LogP contribution is -2.28. The molecule has 0 saturated heterocycles. The second-order valence-corrected chi connectivity index (χ2v) is 5.90. The average Bonchev–Trinajstić information content (AvgIpc) is 2.64. The fourth-order valence-corrected chi connectivity index (χ4v) is 2.50. The fraction of sp³-hybridized carbons (Fsp3) is 0.600. The lowest BCUT2D eigenvalue weighted by molar-refractivity contribution is 0.0432. The molecule has 0 atom stereocenters. The molecule has 1 aromatic rings. The molecule has 0 aliphatic carbocycles. The van der Waals surface area contributed by atoms with Crippen LogP contribution in [0, 0.1) is 0 Å². The molecule has 140 valence electrons. The molecule has 0 radical (unpaired) electrons. The van der Waals surface area contributed by atoms with Gasteiger partial charge in [0, 0.05) is 6.54 Å². The van der Waals surface area contributed by atoms with Crippen LogP contribution in [0.2, 0.25) is 0 Å². The van der Waals surface area contributed by atoms with E-state index in [1.54, 1.807) is 24.3 Å². The summed E-state index contributed by atoms with van der Waals surface area (Å²) in [6, 6.07) is 6.65. The Hall–Kier alpha value is -1.88. The Morgan fingerprint density at radius 1 is 0.840 bits per heavy atom. The van der Waals surface area contributed by atoms with Crippen LogP contribution < -0.4 is 0 Å². The molecule has 0 N–H and O–H groups in total. The maximum Gasteiger partial charge on any atom is 0.339 e. The Morgan fingerprint density at radius 3 is 1.92 bits per heavy atom. The highest BCUT2D eigenvalue weighted by Gasteiger charge is 2.19. The largest absolute Gasteiger partial charge is 0.462 e. The molecule has 0 fully saturated rings. The molecule has 0 saturated carbocycles. The molecule has 5 nitrogen and oxygen atoms in total. The average molecular weight is 349 g/mol. The standard InChI is InChI=1S/C20H31NO4/c1-4-7-8-11-15-24-19(22)17-12-9-10-13-18(17)20(23)25-16-14-21(5-2)6-3/h9-10,12-13H,4-8,11,14-16H2,1-3H3. The van der Waals surface area contributed by atoms with Gasteiger partial charge in [-0.25, -0.2) is 9.59 Å². The van der Waals surface area contributed by atoms with Crippen molar-refractivity contribution in [3.63, 3.8) is 0 Å². The lowest BCUT2D eigenvalue weighted by atomic mass is 10.1. The highest BCUT2D eigenvalue weighted by atomic mass is 16.5. The zero-order chi connectivity index (χ0) is 18.5. The van der Waals surface area contributed by atoms with E-state index in [0.29, 0.717) is 19.8 Å². The van der Waals surface area contributed by atoms with Crippen LogP contribution in [0.25, 0.3) is 0 Å². The minimum atomic E-state index is -0.481. The second-order valence-electron chi connectivity index (χ2n) is 5.90. The Kier molecular flexibility index (Phi) is 10.6. The molecule has 1 aromatic carbocycles. The molecule has 0 amide bonds. The molecular formula is C20H31NO4. The second kappa shape index (κ2) is 12.5. The van der Waals surface area contributed by atoms with Gasteiger partial charge >= 0.3 is 11.9 Å². The van der Waals surface area contributed by atoms with Crippen LogP contribution >= 0.6 is 0 Å². The van der Waals surface area contributed by atoms with E-state index in [1.165, 1.54) is 0 Å². The zero-order valence-electron chi connectivity index (χ0n) is 15.8. The summed E-state index contributed by atoms with van der Waals surface area (Å²) in [5.41, 5.74) is 0.534. The molecule has 0 unspecified atom stereocenters. The number of unbranched alkanes of at least 4 members (excludes halogenated alkanes) is 3. The van der Waals surface area contributed by atoms with Gasteiger partial charge < -0.3 is 14.4 Å². The fourth-order valence-electron chi connectivity index (χ4n) is 2.50. The number of carbonyl (C=O) groups is 2. The third kappa shape index (κ3) is 7.69. The van der Waals surface area contributed by atoms with Crippen molar-refractivity contribution in [2.24, 2.45) is 0 Å². The number of hydrogen-bond acceptors (Lipinski definition) is 5. The van der Waals surface area contributed by atoms with Crippen LogP contribution in [-0.2, 0) is 9.47 Å². The van der Waals surface area contributed by atoms with Crippen molar-refractivity contribution in [1.82, 2.24) is 4.90 Å². The molecule has 0 aliphatic rings. The number of ether oxygens (including phenoxy) is 2. The first-order valence-corrected chi connectivity index (χ1v) is 9.29. The van der Waals surface area contributed by atoms with E-state index in [2.05, 4.69) is 25.7 Å². The van der Waals surface area contributed by atoms with Crippen molar-refractivity contribution in [2.75, 3.05) is 32.8 Å². The van der Waals surface area contributed by atoms with Gasteiger partial charge in [-0.3, -0.25) is 0 Å². The Bertz CT molecular complexity index is 526. The molecule has 25 heavy (non-hydrogen) atoms. The predicted molar refractivity (Wildman–Crippen MR) is 98.9 cm³/mol. The quantitative estimate of drug-likeness (QED) is 0.423. The number of esters is 2. The first-order valence-electron chi connectivity index (χ1n) is 9.29. The van der Waals surface area contributed by atoms with Gasteiger partial charge in [-0.05, 0) is 31.6 Å². The summed E-state index contributed by atoms with van der Waals surface area (Å²) in [6.45, 7) is 9.46. The molecule has 0 aliphatic heterocycles. The van der Waals surface area contributed by atoms with Crippen molar-refractivity contribution < 1.29 is 19.1 Å². The first kappa shape index (κ1) is 21.2. The SMILES string of the molecule is CCCCCCOC(=O)c1ccccc1C(=O)OCCN(CC)CC. The lowest BCUT2D eigenvalue weighted by Gasteiger charge is -2.17. The summed E-state index contributed by atoms with van der Waals surface area (Å²) in [6.07, 6.45) is 4.15. The van der Waals surface area contributed by atoms with Gasteiger partial charge in [0.2, 0.25) is 0 Å². The number of nitrogens with zero attached hydrogens (tertiary/aromatic N) is 1. The molecular weight excluding hydrogens is 318 g/mol. The van der Waals surface area contributed by atoms with Crippen LogP contribution in [0.3, 0.4) is 0 Å². The number of carbonyl (C=O) groups excluding carboxylic acids is 2. The molecule has 0 aromatic heterocycles. The summed E-state index contributed by atoms with van der Waals surface area (Å²) < 4.78 is 10.6. The number of likely N-dealkylation sites (N-methyl/N-ethyl adjacent to an activating group) is 1. The van der Waals surface area contributed by atoms with Gasteiger partial charge in [0.1, 0.15) is 6.61 Å². The van der Waals surface area contributed by atoms with Gasteiger partial charge in [-0.2, -0.15) is 0 Å². The van der Waals surface area contributed by atoms with Crippen LogP contribution in [0.1, 0.15) is 67.2 Å². The summed E-state index contributed by atoms with van der Waals surface area (Å²) in [5, 5.41) is 0. The number of benzene rings is 1. The third-order valence-corrected chi connectivity index (χ3v) is 4.13. The Balaban J connectivity index is 2.56. The van der Waals surface area contributed by atoms with Crippen LogP contribution in [0.5, 0.6) is 0 Å². The molecule has 0 heterocycles. The molecule has 1 rings (SSSR count). The number of hydrogen-bond donors (Lipinski definition) is 0. The maximum absolute atomic E-state index is 12.3.